The van der Waals surface area contributed by atoms with Crippen molar-refractivity contribution in [3.05, 3.63) is 117 Å². The van der Waals surface area contributed by atoms with Crippen molar-refractivity contribution in [1.82, 2.24) is 9.13 Å². The van der Waals surface area contributed by atoms with Crippen LogP contribution in [0.25, 0.3) is 43.6 Å². The fourth-order valence-corrected chi connectivity index (χ4v) is 5.56. The number of carbonyl (C=O) groups is 2. The molecule has 0 bridgehead atoms. The van der Waals surface area contributed by atoms with Crippen LogP contribution in [0.2, 0.25) is 0 Å². The number of aryl methyl sites for hydroxylation is 1. The molecule has 0 spiro atoms. The second-order valence-electron chi connectivity index (χ2n) is 9.52. The van der Waals surface area contributed by atoms with Crippen molar-refractivity contribution < 1.29 is 9.59 Å². The quantitative estimate of drug-likeness (QED) is 0.235. The van der Waals surface area contributed by atoms with E-state index in [9.17, 15) is 19.2 Å². The van der Waals surface area contributed by atoms with Crippen LogP contribution in [0.5, 0.6) is 0 Å². The summed E-state index contributed by atoms with van der Waals surface area (Å²) in [7, 11) is 0. The number of hydrogen-bond acceptors (Lipinski definition) is 5. The summed E-state index contributed by atoms with van der Waals surface area (Å²) >= 11 is 1.90. The molecule has 7 heteroatoms. The van der Waals surface area contributed by atoms with E-state index in [1.54, 1.807) is 60.7 Å². The average Bonchev–Trinajstić information content (AvgIpc) is 2.96. The fourth-order valence-electron chi connectivity index (χ4n) is 5.12. The van der Waals surface area contributed by atoms with E-state index < -0.39 is 0 Å². The van der Waals surface area contributed by atoms with Gasteiger partial charge in [-0.05, 0) is 60.4 Å². The van der Waals surface area contributed by atoms with Crippen molar-refractivity contribution in [2.24, 2.45) is 0 Å². The van der Waals surface area contributed by atoms with Gasteiger partial charge < -0.3 is 0 Å². The molecule has 40 heavy (non-hydrogen) atoms. The first kappa shape index (κ1) is 27.1. The minimum atomic E-state index is -0.275. The summed E-state index contributed by atoms with van der Waals surface area (Å²) in [5.41, 5.74) is 2.59. The van der Waals surface area contributed by atoms with E-state index in [0.29, 0.717) is 32.8 Å². The lowest BCUT2D eigenvalue weighted by Crippen LogP contribution is -2.19. The third-order valence-corrected chi connectivity index (χ3v) is 7.54. The van der Waals surface area contributed by atoms with Crippen LogP contribution >= 0.6 is 11.8 Å². The predicted octanol–water partition coefficient (Wildman–Crippen LogP) is 6.54. The molecule has 0 aliphatic rings. The highest BCUT2D eigenvalue weighted by Gasteiger charge is 2.19. The maximum atomic E-state index is 13.2. The summed E-state index contributed by atoms with van der Waals surface area (Å²) in [5, 5.41) is 1.36. The molecule has 0 unspecified atom stereocenters. The lowest BCUT2D eigenvalue weighted by Gasteiger charge is -2.16. The van der Waals surface area contributed by atoms with E-state index in [-0.39, 0.29) is 33.4 Å². The van der Waals surface area contributed by atoms with Crippen LogP contribution in [-0.4, -0.2) is 33.0 Å². The first-order chi connectivity index (χ1) is 19.3. The smallest absolute Gasteiger partial charge is 0.228 e. The van der Waals surface area contributed by atoms with Gasteiger partial charge in [-0.3, -0.25) is 28.3 Å². The van der Waals surface area contributed by atoms with Crippen LogP contribution < -0.4 is 10.9 Å². The van der Waals surface area contributed by atoms with Crippen LogP contribution in [0.1, 0.15) is 29.0 Å². The van der Waals surface area contributed by atoms with Gasteiger partial charge >= 0.3 is 0 Å². The predicted molar refractivity (Wildman–Crippen MR) is 166 cm³/mol. The number of thioether (sulfide) groups is 1. The number of pyridine rings is 2. The number of benzene rings is 4. The summed E-state index contributed by atoms with van der Waals surface area (Å²) in [5.74, 6) is 0.677. The van der Waals surface area contributed by atoms with Gasteiger partial charge in [0, 0.05) is 35.4 Å². The van der Waals surface area contributed by atoms with E-state index in [2.05, 4.69) is 36.6 Å². The van der Waals surface area contributed by atoms with Crippen molar-refractivity contribution in [3.63, 3.8) is 0 Å². The Bertz CT molecular complexity index is 1920. The highest BCUT2D eigenvalue weighted by atomic mass is 32.2. The van der Waals surface area contributed by atoms with Crippen LogP contribution in [-0.2, 0) is 6.42 Å². The average molecular weight is 549 g/mol. The van der Waals surface area contributed by atoms with Gasteiger partial charge in [-0.2, -0.15) is 11.8 Å². The van der Waals surface area contributed by atoms with Gasteiger partial charge in [0.25, 0.3) is 0 Å². The van der Waals surface area contributed by atoms with Crippen molar-refractivity contribution in [3.8, 4) is 0 Å². The van der Waals surface area contributed by atoms with Gasteiger partial charge in [0.15, 0.2) is 10.9 Å². The Hall–Kier alpha value is -4.49. The monoisotopic (exact) mass is 548 g/mol. The molecule has 0 saturated carbocycles. The largest absolute Gasteiger partial charge is 0.288 e. The molecule has 0 atom stereocenters. The molecule has 0 N–H and O–H groups in total. The Kier molecular flexibility index (Phi) is 7.67. The number of nitrogens with zero attached hydrogens (tertiary/aromatic N) is 2. The molecular formula is C33H28N2O4S. The number of para-hydroxylation sites is 2. The molecule has 2 aromatic heterocycles. The number of carbonyl (C=O) groups excluding carboxylic acids is 2. The molecule has 200 valence electrons. The zero-order valence-electron chi connectivity index (χ0n) is 22.5. The van der Waals surface area contributed by atoms with Crippen molar-refractivity contribution in [2.45, 2.75) is 20.3 Å². The zero-order valence-corrected chi connectivity index (χ0v) is 23.3. The molecule has 0 aliphatic carbocycles. The molecule has 6 nitrogen and oxygen atoms in total. The second-order valence-corrected chi connectivity index (χ2v) is 10.5. The summed E-state index contributed by atoms with van der Waals surface area (Å²) in [4.78, 5) is 51.5. The normalized spacial score (nSPS) is 11.1. The fraction of sp³-hybridized carbons (Fsp3) is 0.152. The zero-order chi connectivity index (χ0) is 28.4. The van der Waals surface area contributed by atoms with E-state index >= 15 is 0 Å². The molecule has 0 amide bonds. The maximum absolute atomic E-state index is 13.2. The number of aromatic nitrogens is 2. The maximum Gasteiger partial charge on any atom is 0.228 e. The highest BCUT2D eigenvalue weighted by molar-refractivity contribution is 7.98. The third kappa shape index (κ3) is 4.84. The van der Waals surface area contributed by atoms with Crippen molar-refractivity contribution in [1.29, 1.82) is 0 Å². The van der Waals surface area contributed by atoms with Gasteiger partial charge in [0.1, 0.15) is 0 Å². The lowest BCUT2D eigenvalue weighted by molar-refractivity contribution is 0.0936. The second kappa shape index (κ2) is 11.3. The van der Waals surface area contributed by atoms with Crippen LogP contribution in [0, 0.1) is 0 Å². The van der Waals surface area contributed by atoms with Gasteiger partial charge in [-0.25, -0.2) is 0 Å². The Morgan fingerprint density at radius 2 is 1.02 bits per heavy atom. The minimum absolute atomic E-state index is 0.254. The summed E-state index contributed by atoms with van der Waals surface area (Å²) in [6.45, 7) is 2.82. The minimum Gasteiger partial charge on any atom is -0.288 e. The Morgan fingerprint density at radius 1 is 0.600 bits per heavy atom. The lowest BCUT2D eigenvalue weighted by atomic mass is 10.0. The topological polar surface area (TPSA) is 78.1 Å². The van der Waals surface area contributed by atoms with Crippen molar-refractivity contribution >= 4 is 67.2 Å². The molecule has 2 heterocycles. The molecule has 6 aromatic rings. The molecule has 0 fully saturated rings. The Labute approximate surface area is 234 Å². The van der Waals surface area contributed by atoms with Crippen LogP contribution in [0.3, 0.4) is 0 Å². The van der Waals surface area contributed by atoms with E-state index in [1.165, 1.54) is 40.7 Å². The summed E-state index contributed by atoms with van der Waals surface area (Å²) < 4.78 is 2.89. The molecule has 0 saturated heterocycles. The standard InChI is InChI=1S/C24H16N2O4.C9H12S/c1-13(27)25-19-9-5-3-7-15(19)23(29)17-12-22-18(11-21(17)25)24(30)16-8-4-6-10-20(16)26(22)14(2)28;1-10-8-7-9-5-3-2-4-6-9/h3-12H,1-2H3;2-6H,7-8H2,1H3. The van der Waals surface area contributed by atoms with Gasteiger partial charge in [0.05, 0.1) is 22.1 Å². The van der Waals surface area contributed by atoms with Crippen LogP contribution in [0.4, 0.5) is 0 Å². The van der Waals surface area contributed by atoms with E-state index in [1.807, 2.05) is 11.8 Å². The number of rotatable bonds is 3. The molecular weight excluding hydrogens is 520 g/mol. The first-order valence-electron chi connectivity index (χ1n) is 12.9. The van der Waals surface area contributed by atoms with Crippen LogP contribution in [0.15, 0.2) is 101 Å². The molecule has 6 rings (SSSR count). The van der Waals surface area contributed by atoms with Gasteiger partial charge in [-0.1, -0.05) is 54.6 Å². The summed E-state index contributed by atoms with van der Waals surface area (Å²) in [6.07, 6.45) is 3.34. The molecule has 4 aromatic carbocycles. The number of hydrogen-bond donors (Lipinski definition) is 0. The summed E-state index contributed by atoms with van der Waals surface area (Å²) in [6, 6.07) is 27.4. The van der Waals surface area contributed by atoms with Crippen molar-refractivity contribution in [2.75, 3.05) is 12.0 Å². The first-order valence-corrected chi connectivity index (χ1v) is 14.3. The van der Waals surface area contributed by atoms with Gasteiger partial charge in [0.2, 0.25) is 11.8 Å². The Balaban J connectivity index is 0.000000274. The highest BCUT2D eigenvalue weighted by Crippen LogP contribution is 2.26. The Morgan fingerprint density at radius 3 is 1.45 bits per heavy atom. The number of fused-ring (bicyclic) bond motifs is 4. The third-order valence-electron chi connectivity index (χ3n) is 6.93. The SMILES string of the molecule is CC(=O)n1c2ccccc2c(=O)c2cc3c(cc21)c(=O)c1ccccc1n3C(C)=O.CSCCc1ccccc1. The van der Waals surface area contributed by atoms with Gasteiger partial charge in [-0.15, -0.1) is 0 Å². The van der Waals surface area contributed by atoms with E-state index in [0.717, 1.165) is 0 Å². The molecule has 0 aliphatic heterocycles. The molecule has 0 radical (unpaired) electrons. The van der Waals surface area contributed by atoms with E-state index in [4.69, 9.17) is 0 Å².